The molecule has 2 aliphatic rings. The number of hydrogen-bond acceptors (Lipinski definition) is 4. The number of rotatable bonds is 25. The van der Waals surface area contributed by atoms with Crippen molar-refractivity contribution in [3.8, 4) is 19.5 Å². The number of unbranched alkanes of at least 4 members (excludes halogenated alkanes) is 4. The summed E-state index contributed by atoms with van der Waals surface area (Å²) in [6, 6.07) is 10.6. The fourth-order valence-corrected chi connectivity index (χ4v) is 54.6. The van der Waals surface area contributed by atoms with Crippen molar-refractivity contribution in [1.82, 2.24) is 0 Å². The van der Waals surface area contributed by atoms with Crippen LogP contribution >= 0.6 is 45.3 Å². The fraction of sp³-hybridized carbons (Fsp3) is 0.692. The third-order valence-corrected chi connectivity index (χ3v) is 52.9. The molecule has 330 valence electrons. The first-order valence-corrected chi connectivity index (χ1v) is 48.3. The summed E-state index contributed by atoms with van der Waals surface area (Å²) in [5.74, 6) is 3.73. The van der Waals surface area contributed by atoms with Gasteiger partial charge in [0.25, 0.3) is 0 Å². The molecule has 4 atom stereocenters. The van der Waals surface area contributed by atoms with E-state index in [0.29, 0.717) is 0 Å². The molecule has 4 aromatic rings. The molecule has 6 rings (SSSR count). The number of thiophene rings is 4. The Balaban J connectivity index is 0.000000227. The Bertz CT molecular complexity index is 1760. The summed E-state index contributed by atoms with van der Waals surface area (Å²) >= 11 is 1.64. The fourth-order valence-electron chi connectivity index (χ4n) is 11.1. The Morgan fingerprint density at radius 1 is 0.475 bits per heavy atom. The van der Waals surface area contributed by atoms with E-state index in [2.05, 4.69) is 135 Å². The molecule has 6 heterocycles. The quantitative estimate of drug-likeness (QED) is 0.0580. The number of aryl methyl sites for hydroxylation is 1. The van der Waals surface area contributed by atoms with Crippen LogP contribution in [-0.4, -0.2) is 44.9 Å². The zero-order valence-corrected chi connectivity index (χ0v) is 50.4. The SMILES string of the molecule is CCCCC(CC)[CH2][Ge]1([CH2]C(CC)CCCC)[c]2cc(C)sc2-c2s[c]([Sn]([CH3])([CH3])[CH3])c[c]21.CCCCC(CC)[CH2][Ge]1([CH2]C(CC)CCCC)[c]2ccsc2-c2scc[c]21. The van der Waals surface area contributed by atoms with Gasteiger partial charge in [0.05, 0.1) is 0 Å². The monoisotopic (exact) mass is 1110 g/mol. The summed E-state index contributed by atoms with van der Waals surface area (Å²) in [5, 5.41) is 11.0. The Kier molecular flexibility index (Phi) is 20.4. The van der Waals surface area contributed by atoms with Crippen molar-refractivity contribution in [2.75, 3.05) is 0 Å². The average Bonchev–Trinajstić information content (AvgIpc) is 4.08. The van der Waals surface area contributed by atoms with Crippen LogP contribution in [0.3, 0.4) is 0 Å². The minimum absolute atomic E-state index is 0.930. The van der Waals surface area contributed by atoms with E-state index in [1.165, 1.54) is 103 Å². The van der Waals surface area contributed by atoms with Gasteiger partial charge in [0.1, 0.15) is 0 Å². The molecule has 4 aromatic heterocycles. The van der Waals surface area contributed by atoms with E-state index in [1.54, 1.807) is 45.4 Å². The van der Waals surface area contributed by atoms with Crippen LogP contribution in [0, 0.1) is 30.6 Å². The van der Waals surface area contributed by atoms with Crippen molar-refractivity contribution in [2.24, 2.45) is 23.7 Å². The van der Waals surface area contributed by atoms with Gasteiger partial charge >= 0.3 is 395 Å². The summed E-state index contributed by atoms with van der Waals surface area (Å²) in [6.45, 7) is 21.7. The molecule has 0 spiro atoms. The predicted octanol–water partition coefficient (Wildman–Crippen LogP) is 16.4. The normalized spacial score (nSPS) is 18.4. The van der Waals surface area contributed by atoms with E-state index in [4.69, 9.17) is 0 Å². The van der Waals surface area contributed by atoms with Gasteiger partial charge in [-0.2, -0.15) is 0 Å². The first-order valence-electron chi connectivity index (χ1n) is 24.8. The van der Waals surface area contributed by atoms with E-state index in [9.17, 15) is 0 Å². The molecule has 4 unspecified atom stereocenters. The van der Waals surface area contributed by atoms with Gasteiger partial charge in [-0.05, 0) is 0 Å². The van der Waals surface area contributed by atoms with Crippen LogP contribution in [0.15, 0.2) is 35.0 Å². The van der Waals surface area contributed by atoms with Crippen LogP contribution in [0.1, 0.15) is 163 Å². The Morgan fingerprint density at radius 2 is 0.831 bits per heavy atom. The van der Waals surface area contributed by atoms with Crippen molar-refractivity contribution in [3.63, 3.8) is 0 Å². The zero-order chi connectivity index (χ0) is 42.8. The van der Waals surface area contributed by atoms with Crippen LogP contribution in [-0.2, 0) is 0 Å². The second kappa shape index (κ2) is 23.7. The maximum atomic E-state index is 2.83. The molecule has 0 aliphatic carbocycles. The molecular weight excluding hydrogens is 1020 g/mol. The van der Waals surface area contributed by atoms with Gasteiger partial charge in [-0.1, -0.05) is 0 Å². The molecule has 0 saturated heterocycles. The molecule has 0 saturated carbocycles. The molecule has 59 heavy (non-hydrogen) atoms. The molecule has 0 fully saturated rings. The van der Waals surface area contributed by atoms with Crippen LogP contribution < -0.4 is 20.5 Å². The summed E-state index contributed by atoms with van der Waals surface area (Å²) in [4.78, 5) is 16.3. The van der Waals surface area contributed by atoms with Gasteiger partial charge in [0, 0.05) is 0 Å². The molecule has 0 nitrogen and oxygen atoms in total. The second-order valence-electron chi connectivity index (χ2n) is 20.2. The van der Waals surface area contributed by atoms with Crippen LogP contribution in [0.4, 0.5) is 0 Å². The van der Waals surface area contributed by atoms with Crippen molar-refractivity contribution in [3.05, 3.63) is 39.9 Å². The van der Waals surface area contributed by atoms with Gasteiger partial charge in [-0.25, -0.2) is 0 Å². The number of hydrogen-bond donors (Lipinski definition) is 0. The van der Waals surface area contributed by atoms with E-state index in [-0.39, 0.29) is 0 Å². The molecular formula is C52H86Ge2S4Sn. The van der Waals surface area contributed by atoms with Crippen molar-refractivity contribution in [2.45, 2.75) is 201 Å². The summed E-state index contributed by atoms with van der Waals surface area (Å²) < 4.78 is 9.43. The molecule has 0 aromatic carbocycles. The zero-order valence-electron chi connectivity index (χ0n) is 40.0. The summed E-state index contributed by atoms with van der Waals surface area (Å²) in [5.41, 5.74) is 0. The molecule has 0 radical (unpaired) electrons. The van der Waals surface area contributed by atoms with E-state index < -0.39 is 44.9 Å². The van der Waals surface area contributed by atoms with Crippen molar-refractivity contribution < 1.29 is 0 Å². The minimum atomic E-state index is -2.42. The molecule has 0 N–H and O–H groups in total. The maximum absolute atomic E-state index is 2.83. The third kappa shape index (κ3) is 11.7. The van der Waals surface area contributed by atoms with Crippen molar-refractivity contribution >= 4 is 111 Å². The molecule has 0 amide bonds. The second-order valence-corrected chi connectivity index (χ2v) is 56.8. The molecule has 7 heteroatoms. The van der Waals surface area contributed by atoms with E-state index in [1.807, 2.05) is 43.2 Å². The summed E-state index contributed by atoms with van der Waals surface area (Å²) in [6.07, 6.45) is 22.3. The third-order valence-electron chi connectivity index (χ3n) is 14.9. The van der Waals surface area contributed by atoms with E-state index in [0.717, 1.165) is 23.7 Å². The molecule has 0 bridgehead atoms. The Morgan fingerprint density at radius 3 is 1.19 bits per heavy atom. The van der Waals surface area contributed by atoms with Gasteiger partial charge in [0.2, 0.25) is 0 Å². The van der Waals surface area contributed by atoms with Gasteiger partial charge in [-0.3, -0.25) is 0 Å². The summed E-state index contributed by atoms with van der Waals surface area (Å²) in [7, 11) is 0. The van der Waals surface area contributed by atoms with E-state index >= 15 is 0 Å². The predicted molar refractivity (Wildman–Crippen MR) is 285 cm³/mol. The van der Waals surface area contributed by atoms with Crippen LogP contribution in [0.25, 0.3) is 19.5 Å². The van der Waals surface area contributed by atoms with Crippen LogP contribution in [0.5, 0.6) is 0 Å². The average molecular weight is 1100 g/mol. The molecule has 2 aliphatic heterocycles. The Hall–Kier alpha value is 0.684. The first-order chi connectivity index (χ1) is 28.4. The Labute approximate surface area is 390 Å². The van der Waals surface area contributed by atoms with Crippen molar-refractivity contribution in [1.29, 1.82) is 0 Å². The van der Waals surface area contributed by atoms with Crippen LogP contribution in [0.2, 0.25) is 35.8 Å². The van der Waals surface area contributed by atoms with Gasteiger partial charge in [0.15, 0.2) is 0 Å². The number of fused-ring (bicyclic) bond motifs is 6. The van der Waals surface area contributed by atoms with Gasteiger partial charge < -0.3 is 0 Å². The first kappa shape index (κ1) is 50.7. The topological polar surface area (TPSA) is 0 Å². The van der Waals surface area contributed by atoms with Gasteiger partial charge in [-0.15, -0.1) is 0 Å². The standard InChI is InChI=1S/C25H39GeS2.C24H38GeS2.3CH3.Sn/c1-6-10-12-20(8-3)17-26(18-21(9-4)13-11-7-2)22-14-15-27-24(22)25-23(26)16-19(5)28-25;1-5-9-11-19(7-3)17-25(18-20(8-4)12-10-6-2)21-13-15-26-23(21)24-22(25)14-16-27-24;;;;/h14,16,20-21H,6-13,17-18H2,1-5H3;13-16,19-20H,5-12,17-18H2,1-4H3;3*1H3;.